The van der Waals surface area contributed by atoms with Gasteiger partial charge in [-0.1, -0.05) is 23.7 Å². The summed E-state index contributed by atoms with van der Waals surface area (Å²) in [4.78, 5) is 58.1. The smallest absolute Gasteiger partial charge is 0.416 e. The topological polar surface area (TPSA) is 139 Å². The Morgan fingerprint density at radius 1 is 1.05 bits per heavy atom. The standard InChI is InChI=1S/C28H26ClF3N4O6/c1-42-25(39)13-12-22(26(40)41)34-23(37)6-3-7-24(38)36(20-10-8-18(9-11-20)28(30,31)32)27-33-15-14-21(35-27)17-4-2-5-19(29)16-17/h2,4-5,8-11,14-16,22H,3,6-7,12-13H2,1H3,(H,34,37)(H,40,41). The average molecular weight is 607 g/mol. The molecule has 0 saturated carbocycles. The number of hydrogen-bond donors (Lipinski definition) is 2. The first-order valence-corrected chi connectivity index (χ1v) is 12.9. The molecule has 0 spiro atoms. The van der Waals surface area contributed by atoms with E-state index in [0.717, 1.165) is 36.3 Å². The van der Waals surface area contributed by atoms with Crippen LogP contribution in [-0.4, -0.2) is 52.0 Å². The van der Waals surface area contributed by atoms with Crippen LogP contribution in [0.15, 0.2) is 60.8 Å². The normalized spacial score (nSPS) is 11.8. The van der Waals surface area contributed by atoms with Gasteiger partial charge in [0.25, 0.3) is 0 Å². The Labute approximate surface area is 243 Å². The molecule has 0 aliphatic carbocycles. The van der Waals surface area contributed by atoms with E-state index in [1.165, 1.54) is 6.20 Å². The summed E-state index contributed by atoms with van der Waals surface area (Å²) in [6.07, 6.45) is -4.13. The van der Waals surface area contributed by atoms with E-state index in [0.29, 0.717) is 16.3 Å². The second-order valence-corrected chi connectivity index (χ2v) is 9.39. The van der Waals surface area contributed by atoms with Crippen LogP contribution in [-0.2, 0) is 30.1 Å². The maximum absolute atomic E-state index is 13.4. The van der Waals surface area contributed by atoms with Crippen LogP contribution in [0.2, 0.25) is 5.02 Å². The molecule has 2 N–H and O–H groups in total. The zero-order valence-electron chi connectivity index (χ0n) is 22.2. The third kappa shape index (κ3) is 8.99. The third-order valence-corrected chi connectivity index (χ3v) is 6.19. The Kier molecular flexibility index (Phi) is 11.0. The van der Waals surface area contributed by atoms with E-state index in [1.54, 1.807) is 30.3 Å². The molecule has 2 aromatic carbocycles. The van der Waals surface area contributed by atoms with E-state index in [1.807, 2.05) is 0 Å². The zero-order valence-corrected chi connectivity index (χ0v) is 23.0. The molecule has 0 aliphatic rings. The first-order valence-electron chi connectivity index (χ1n) is 12.6. The van der Waals surface area contributed by atoms with Gasteiger partial charge in [-0.2, -0.15) is 13.2 Å². The number of hydrogen-bond acceptors (Lipinski definition) is 7. The minimum atomic E-state index is -4.59. The van der Waals surface area contributed by atoms with E-state index in [2.05, 4.69) is 20.0 Å². The molecule has 0 radical (unpaired) electrons. The van der Waals surface area contributed by atoms with Crippen molar-refractivity contribution in [3.63, 3.8) is 0 Å². The highest BCUT2D eigenvalue weighted by Gasteiger charge is 2.31. The second-order valence-electron chi connectivity index (χ2n) is 8.95. The number of carbonyl (C=O) groups is 4. The van der Waals surface area contributed by atoms with E-state index >= 15 is 0 Å². The average Bonchev–Trinajstić information content (AvgIpc) is 2.95. The highest BCUT2D eigenvalue weighted by atomic mass is 35.5. The predicted molar refractivity (Wildman–Crippen MR) is 146 cm³/mol. The van der Waals surface area contributed by atoms with Crippen LogP contribution in [0.4, 0.5) is 24.8 Å². The molecule has 0 saturated heterocycles. The minimum absolute atomic E-state index is 0.0286. The van der Waals surface area contributed by atoms with Gasteiger partial charge in [-0.15, -0.1) is 0 Å². The minimum Gasteiger partial charge on any atom is -0.480 e. The summed E-state index contributed by atoms with van der Waals surface area (Å²) in [5, 5.41) is 12.1. The van der Waals surface area contributed by atoms with Crippen molar-refractivity contribution >= 4 is 47.0 Å². The second kappa shape index (κ2) is 14.4. The van der Waals surface area contributed by atoms with Crippen molar-refractivity contribution in [2.75, 3.05) is 12.0 Å². The van der Waals surface area contributed by atoms with Gasteiger partial charge in [0.15, 0.2) is 0 Å². The molecule has 10 nitrogen and oxygen atoms in total. The molecule has 2 amide bonds. The SMILES string of the molecule is COC(=O)CCC(NC(=O)CCCC(=O)N(c1ccc(C(F)(F)F)cc1)c1nccc(-c2cccc(Cl)c2)n1)C(=O)O. The lowest BCUT2D eigenvalue weighted by atomic mass is 10.1. The Balaban J connectivity index is 1.79. The molecule has 3 rings (SSSR count). The van der Waals surface area contributed by atoms with Crippen molar-refractivity contribution in [1.29, 1.82) is 0 Å². The number of nitrogens with zero attached hydrogens (tertiary/aromatic N) is 3. The maximum atomic E-state index is 13.4. The first kappa shape index (κ1) is 32.0. The highest BCUT2D eigenvalue weighted by Crippen LogP contribution is 2.32. The zero-order chi connectivity index (χ0) is 30.9. The molecule has 0 aliphatic heterocycles. The Morgan fingerprint density at radius 3 is 2.38 bits per heavy atom. The highest BCUT2D eigenvalue weighted by molar-refractivity contribution is 6.30. The van der Waals surface area contributed by atoms with Crippen molar-refractivity contribution in [3.8, 4) is 11.3 Å². The number of halogens is 4. The van der Waals surface area contributed by atoms with Gasteiger partial charge in [0.2, 0.25) is 17.8 Å². The summed E-state index contributed by atoms with van der Waals surface area (Å²) in [5.74, 6) is -3.37. The number of nitrogens with one attached hydrogen (secondary N) is 1. The number of rotatable bonds is 12. The van der Waals surface area contributed by atoms with E-state index in [-0.39, 0.29) is 43.7 Å². The van der Waals surface area contributed by atoms with Crippen LogP contribution >= 0.6 is 11.6 Å². The lowest BCUT2D eigenvalue weighted by molar-refractivity contribution is -0.144. The number of benzene rings is 2. The van der Waals surface area contributed by atoms with Gasteiger partial charge in [0.1, 0.15) is 6.04 Å². The van der Waals surface area contributed by atoms with Crippen LogP contribution in [0.25, 0.3) is 11.3 Å². The number of carbonyl (C=O) groups excluding carboxylic acids is 3. The molecular weight excluding hydrogens is 581 g/mol. The fraction of sp³-hybridized carbons (Fsp3) is 0.286. The van der Waals surface area contributed by atoms with Gasteiger partial charge in [0.05, 0.1) is 24.1 Å². The molecule has 1 aromatic heterocycles. The summed E-state index contributed by atoms with van der Waals surface area (Å²) in [6.45, 7) is 0. The predicted octanol–water partition coefficient (Wildman–Crippen LogP) is 5.17. The summed E-state index contributed by atoms with van der Waals surface area (Å²) < 4.78 is 43.9. The van der Waals surface area contributed by atoms with Crippen molar-refractivity contribution in [2.24, 2.45) is 0 Å². The van der Waals surface area contributed by atoms with Crippen molar-refractivity contribution in [1.82, 2.24) is 15.3 Å². The summed E-state index contributed by atoms with van der Waals surface area (Å²) in [6, 6.07) is 10.9. The number of aliphatic carboxylic acids is 1. The Hall–Kier alpha value is -4.52. The van der Waals surface area contributed by atoms with Gasteiger partial charge in [-0.3, -0.25) is 14.4 Å². The van der Waals surface area contributed by atoms with Crippen LogP contribution in [0.5, 0.6) is 0 Å². The number of carboxylic acids is 1. The lowest BCUT2D eigenvalue weighted by Gasteiger charge is -2.22. The fourth-order valence-electron chi connectivity index (χ4n) is 3.84. The largest absolute Gasteiger partial charge is 0.480 e. The number of ether oxygens (including phenoxy) is 1. The van der Waals surface area contributed by atoms with Gasteiger partial charge >= 0.3 is 18.1 Å². The summed E-state index contributed by atoms with van der Waals surface area (Å²) >= 11 is 6.08. The summed E-state index contributed by atoms with van der Waals surface area (Å²) in [5.41, 5.74) is 0.166. The molecule has 0 bridgehead atoms. The van der Waals surface area contributed by atoms with Gasteiger partial charge in [-0.05, 0) is 55.3 Å². The first-order chi connectivity index (χ1) is 19.9. The van der Waals surface area contributed by atoms with Gasteiger partial charge < -0.3 is 15.2 Å². The molecule has 1 atom stereocenters. The number of carboxylic acid groups (broad SMARTS) is 1. The Morgan fingerprint density at radius 2 is 1.76 bits per heavy atom. The van der Waals surface area contributed by atoms with Crippen LogP contribution in [0, 0.1) is 0 Å². The molecule has 1 heterocycles. The van der Waals surface area contributed by atoms with Crippen molar-refractivity contribution < 1.29 is 42.2 Å². The Bertz CT molecular complexity index is 1440. The maximum Gasteiger partial charge on any atom is 0.416 e. The molecule has 3 aromatic rings. The van der Waals surface area contributed by atoms with E-state index < -0.39 is 41.5 Å². The number of esters is 1. The van der Waals surface area contributed by atoms with Gasteiger partial charge in [-0.25, -0.2) is 19.7 Å². The number of alkyl halides is 3. The van der Waals surface area contributed by atoms with Crippen LogP contribution in [0.1, 0.15) is 37.7 Å². The molecule has 42 heavy (non-hydrogen) atoms. The number of aromatic nitrogens is 2. The number of methoxy groups -OCH3 is 1. The van der Waals surface area contributed by atoms with E-state index in [4.69, 9.17) is 11.6 Å². The molecule has 1 unspecified atom stereocenters. The molecule has 222 valence electrons. The van der Waals surface area contributed by atoms with Crippen molar-refractivity contribution in [3.05, 3.63) is 71.4 Å². The van der Waals surface area contributed by atoms with Crippen LogP contribution < -0.4 is 10.2 Å². The van der Waals surface area contributed by atoms with Crippen molar-refractivity contribution in [2.45, 2.75) is 44.3 Å². The fourth-order valence-corrected chi connectivity index (χ4v) is 4.03. The summed E-state index contributed by atoms with van der Waals surface area (Å²) in [7, 11) is 1.15. The van der Waals surface area contributed by atoms with Crippen LogP contribution in [0.3, 0.4) is 0 Å². The quantitative estimate of drug-likeness (QED) is 0.269. The molecule has 0 fully saturated rings. The molecule has 14 heteroatoms. The third-order valence-electron chi connectivity index (χ3n) is 5.96. The number of anilines is 2. The number of amides is 2. The lowest BCUT2D eigenvalue weighted by Crippen LogP contribution is -2.41. The molecular formula is C28H26ClF3N4O6. The van der Waals surface area contributed by atoms with E-state index in [9.17, 15) is 37.5 Å². The van der Waals surface area contributed by atoms with Gasteiger partial charge in [0, 0.05) is 36.0 Å². The monoisotopic (exact) mass is 606 g/mol.